The molecule has 0 bridgehead atoms. The second-order valence-electron chi connectivity index (χ2n) is 4.10. The molecule has 0 saturated heterocycles. The molecule has 0 aromatic heterocycles. The van der Waals surface area contributed by atoms with Crippen LogP contribution in [0.1, 0.15) is 22.8 Å². The molecule has 1 N–H and O–H groups in total. The molecule has 0 aliphatic heterocycles. The minimum absolute atomic E-state index is 0.0701. The molecular formula is C15H15NO. The van der Waals surface area contributed by atoms with Gasteiger partial charge in [0.2, 0.25) is 0 Å². The number of anilines is 2. The Balaban J connectivity index is 2.33. The van der Waals surface area contributed by atoms with E-state index < -0.39 is 0 Å². The number of carbonyl (C=O) groups excluding carboxylic acids is 1. The van der Waals surface area contributed by atoms with Gasteiger partial charge in [-0.3, -0.25) is 4.79 Å². The first-order chi connectivity index (χ1) is 8.16. The maximum atomic E-state index is 11.5. The number of rotatable bonds is 3. The zero-order valence-electron chi connectivity index (χ0n) is 10.0. The van der Waals surface area contributed by atoms with Gasteiger partial charge < -0.3 is 5.32 Å². The number of Topliss-reactive ketones (excluding diaryl/α,β-unsaturated/α-hetero) is 1. The molecule has 0 fully saturated rings. The minimum atomic E-state index is 0.0701. The Kier molecular flexibility index (Phi) is 3.24. The highest BCUT2D eigenvalue weighted by atomic mass is 16.1. The van der Waals surface area contributed by atoms with Crippen LogP contribution in [-0.2, 0) is 0 Å². The summed E-state index contributed by atoms with van der Waals surface area (Å²) < 4.78 is 0. The zero-order valence-corrected chi connectivity index (χ0v) is 10.0. The molecular weight excluding hydrogens is 210 g/mol. The van der Waals surface area contributed by atoms with Crippen LogP contribution in [0.25, 0.3) is 0 Å². The third-order valence-corrected chi connectivity index (χ3v) is 2.60. The molecule has 0 atom stereocenters. The van der Waals surface area contributed by atoms with Crippen molar-refractivity contribution in [1.29, 1.82) is 0 Å². The number of benzene rings is 2. The molecule has 0 heterocycles. The zero-order chi connectivity index (χ0) is 12.3. The fraction of sp³-hybridized carbons (Fsp3) is 0.133. The lowest BCUT2D eigenvalue weighted by atomic mass is 10.1. The number of carbonyl (C=O) groups is 1. The first-order valence-electron chi connectivity index (χ1n) is 5.60. The predicted molar refractivity (Wildman–Crippen MR) is 70.9 cm³/mol. The van der Waals surface area contributed by atoms with Crippen LogP contribution in [0.15, 0.2) is 48.5 Å². The van der Waals surface area contributed by atoms with Gasteiger partial charge in [-0.15, -0.1) is 0 Å². The Labute approximate surface area is 101 Å². The van der Waals surface area contributed by atoms with Crippen LogP contribution in [0, 0.1) is 6.92 Å². The Hall–Kier alpha value is -2.09. The van der Waals surface area contributed by atoms with Gasteiger partial charge in [-0.2, -0.15) is 0 Å². The van der Waals surface area contributed by atoms with Gasteiger partial charge in [0.1, 0.15) is 0 Å². The van der Waals surface area contributed by atoms with E-state index in [2.05, 4.69) is 11.4 Å². The average Bonchev–Trinajstić information content (AvgIpc) is 2.29. The lowest BCUT2D eigenvalue weighted by Crippen LogP contribution is -1.99. The number of hydrogen-bond acceptors (Lipinski definition) is 2. The summed E-state index contributed by atoms with van der Waals surface area (Å²) in [7, 11) is 0. The van der Waals surface area contributed by atoms with E-state index in [1.165, 1.54) is 5.56 Å². The smallest absolute Gasteiger partial charge is 0.161 e. The number of hydrogen-bond donors (Lipinski definition) is 1. The van der Waals surface area contributed by atoms with Gasteiger partial charge in [0, 0.05) is 16.9 Å². The minimum Gasteiger partial charge on any atom is -0.355 e. The number of ketones is 1. The van der Waals surface area contributed by atoms with Gasteiger partial charge in [0.15, 0.2) is 5.78 Å². The molecule has 0 aliphatic carbocycles. The molecule has 2 aromatic carbocycles. The third kappa shape index (κ3) is 2.72. The van der Waals surface area contributed by atoms with E-state index in [9.17, 15) is 4.79 Å². The quantitative estimate of drug-likeness (QED) is 0.801. The van der Waals surface area contributed by atoms with Crippen molar-refractivity contribution in [2.24, 2.45) is 0 Å². The van der Waals surface area contributed by atoms with Crippen LogP contribution >= 0.6 is 0 Å². The maximum Gasteiger partial charge on any atom is 0.161 e. The highest BCUT2D eigenvalue weighted by Gasteiger charge is 2.05. The summed E-state index contributed by atoms with van der Waals surface area (Å²) in [4.78, 5) is 11.5. The lowest BCUT2D eigenvalue weighted by Gasteiger charge is -2.10. The van der Waals surface area contributed by atoms with Crippen molar-refractivity contribution in [3.05, 3.63) is 59.7 Å². The van der Waals surface area contributed by atoms with E-state index in [1.807, 2.05) is 49.4 Å². The SMILES string of the molecule is CC(=O)c1ccccc1Nc1cccc(C)c1. The molecule has 0 saturated carbocycles. The fourth-order valence-corrected chi connectivity index (χ4v) is 1.78. The Bertz CT molecular complexity index is 546. The van der Waals surface area contributed by atoms with Gasteiger partial charge in [-0.1, -0.05) is 24.3 Å². The van der Waals surface area contributed by atoms with Crippen molar-refractivity contribution in [1.82, 2.24) is 0 Å². The summed E-state index contributed by atoms with van der Waals surface area (Å²) in [5.41, 5.74) is 3.76. The van der Waals surface area contributed by atoms with Crippen molar-refractivity contribution >= 4 is 17.2 Å². The number of para-hydroxylation sites is 1. The van der Waals surface area contributed by atoms with Gasteiger partial charge in [-0.25, -0.2) is 0 Å². The summed E-state index contributed by atoms with van der Waals surface area (Å²) in [5.74, 6) is 0.0701. The number of aryl methyl sites for hydroxylation is 1. The van der Waals surface area contributed by atoms with Gasteiger partial charge in [-0.05, 0) is 43.7 Å². The van der Waals surface area contributed by atoms with E-state index in [-0.39, 0.29) is 5.78 Å². The second-order valence-corrected chi connectivity index (χ2v) is 4.10. The Morgan fingerprint density at radius 2 is 1.82 bits per heavy atom. The first kappa shape index (κ1) is 11.4. The van der Waals surface area contributed by atoms with E-state index >= 15 is 0 Å². The fourth-order valence-electron chi connectivity index (χ4n) is 1.78. The van der Waals surface area contributed by atoms with Gasteiger partial charge in [0.05, 0.1) is 0 Å². The summed E-state index contributed by atoms with van der Waals surface area (Å²) in [6.45, 7) is 3.62. The van der Waals surface area contributed by atoms with Crippen LogP contribution in [0.5, 0.6) is 0 Å². The van der Waals surface area contributed by atoms with Crippen molar-refractivity contribution in [3.8, 4) is 0 Å². The molecule has 86 valence electrons. The molecule has 17 heavy (non-hydrogen) atoms. The third-order valence-electron chi connectivity index (χ3n) is 2.60. The molecule has 0 unspecified atom stereocenters. The summed E-state index contributed by atoms with van der Waals surface area (Å²) in [5, 5.41) is 3.27. The second kappa shape index (κ2) is 4.83. The monoisotopic (exact) mass is 225 g/mol. The highest BCUT2D eigenvalue weighted by molar-refractivity contribution is 6.00. The Morgan fingerprint density at radius 1 is 1.06 bits per heavy atom. The van der Waals surface area contributed by atoms with Gasteiger partial charge >= 0.3 is 0 Å². The maximum absolute atomic E-state index is 11.5. The molecule has 2 rings (SSSR count). The molecule has 2 nitrogen and oxygen atoms in total. The van der Waals surface area contributed by atoms with Crippen molar-refractivity contribution in [2.45, 2.75) is 13.8 Å². The average molecular weight is 225 g/mol. The van der Waals surface area contributed by atoms with Crippen molar-refractivity contribution in [2.75, 3.05) is 5.32 Å². The Morgan fingerprint density at radius 3 is 2.53 bits per heavy atom. The summed E-state index contributed by atoms with van der Waals surface area (Å²) in [6, 6.07) is 15.6. The lowest BCUT2D eigenvalue weighted by molar-refractivity contribution is 0.101. The molecule has 0 spiro atoms. The predicted octanol–water partition coefficient (Wildman–Crippen LogP) is 3.94. The van der Waals surface area contributed by atoms with Crippen LogP contribution in [0.2, 0.25) is 0 Å². The van der Waals surface area contributed by atoms with Crippen LogP contribution in [0.4, 0.5) is 11.4 Å². The first-order valence-corrected chi connectivity index (χ1v) is 5.60. The van der Waals surface area contributed by atoms with Gasteiger partial charge in [0.25, 0.3) is 0 Å². The summed E-state index contributed by atoms with van der Waals surface area (Å²) in [6.07, 6.45) is 0. The molecule has 2 heteroatoms. The highest BCUT2D eigenvalue weighted by Crippen LogP contribution is 2.21. The summed E-state index contributed by atoms with van der Waals surface area (Å²) >= 11 is 0. The molecule has 0 radical (unpaired) electrons. The van der Waals surface area contributed by atoms with E-state index in [0.29, 0.717) is 5.56 Å². The topological polar surface area (TPSA) is 29.1 Å². The largest absolute Gasteiger partial charge is 0.355 e. The van der Waals surface area contributed by atoms with E-state index in [4.69, 9.17) is 0 Å². The van der Waals surface area contributed by atoms with Crippen molar-refractivity contribution in [3.63, 3.8) is 0 Å². The normalized spacial score (nSPS) is 10.0. The molecule has 2 aromatic rings. The van der Waals surface area contributed by atoms with E-state index in [1.54, 1.807) is 6.92 Å². The standard InChI is InChI=1S/C15H15NO/c1-11-6-5-7-13(10-11)16-15-9-4-3-8-14(15)12(2)17/h3-10,16H,1-2H3. The van der Waals surface area contributed by atoms with E-state index in [0.717, 1.165) is 11.4 Å². The van der Waals surface area contributed by atoms with Crippen molar-refractivity contribution < 1.29 is 4.79 Å². The molecule has 0 amide bonds. The molecule has 0 aliphatic rings. The van der Waals surface area contributed by atoms with Crippen LogP contribution in [-0.4, -0.2) is 5.78 Å². The van der Waals surface area contributed by atoms with Crippen LogP contribution in [0.3, 0.4) is 0 Å². The van der Waals surface area contributed by atoms with Crippen LogP contribution < -0.4 is 5.32 Å². The number of nitrogens with one attached hydrogen (secondary N) is 1.